The first-order valence-electron chi connectivity index (χ1n) is 5.18. The largest absolute Gasteiger partial charge is 0.423 e. The number of nitrogens with zero attached hydrogens (tertiary/aromatic N) is 2. The van der Waals surface area contributed by atoms with Gasteiger partial charge in [-0.1, -0.05) is 15.9 Å². The van der Waals surface area contributed by atoms with Gasteiger partial charge in [0, 0.05) is 4.47 Å². The molecule has 0 aliphatic carbocycles. The Balaban J connectivity index is 2.03. The quantitative estimate of drug-likeness (QED) is 0.870. The number of amides is 1. The Labute approximate surface area is 105 Å². The summed E-state index contributed by atoms with van der Waals surface area (Å²) in [6.07, 6.45) is -0.508. The molecule has 3 rings (SSSR count). The van der Waals surface area contributed by atoms with Crippen LogP contribution in [-0.2, 0) is 4.79 Å². The van der Waals surface area contributed by atoms with Gasteiger partial charge in [-0.2, -0.15) is 4.98 Å². The topological polar surface area (TPSA) is 66.6 Å². The van der Waals surface area contributed by atoms with Crippen molar-refractivity contribution in [2.24, 2.45) is 0 Å². The Hall–Kier alpha value is -1.40. The number of anilines is 1. The van der Waals surface area contributed by atoms with E-state index in [-0.39, 0.29) is 24.9 Å². The average molecular weight is 297 g/mol. The summed E-state index contributed by atoms with van der Waals surface area (Å²) in [5.74, 6) is -0.164. The molecule has 1 N–H and O–H groups in total. The van der Waals surface area contributed by atoms with Gasteiger partial charge in [0.1, 0.15) is 5.52 Å². The molecule has 0 radical (unpaired) electrons. The number of hydrogen-bond acceptors (Lipinski definition) is 4. The number of aliphatic hydroxyl groups excluding tert-OH is 1. The van der Waals surface area contributed by atoms with E-state index in [4.69, 9.17) is 4.42 Å². The number of rotatable bonds is 1. The molecule has 1 amide bonds. The number of aliphatic hydroxyl groups is 1. The van der Waals surface area contributed by atoms with Crippen molar-refractivity contribution in [3.05, 3.63) is 22.7 Å². The summed E-state index contributed by atoms with van der Waals surface area (Å²) in [4.78, 5) is 17.2. The highest BCUT2D eigenvalue weighted by Gasteiger charge is 2.32. The van der Waals surface area contributed by atoms with E-state index >= 15 is 0 Å². The molecular formula is C11H9BrN2O3. The van der Waals surface area contributed by atoms with E-state index in [2.05, 4.69) is 20.9 Å². The maximum absolute atomic E-state index is 11.6. The minimum atomic E-state index is -0.635. The highest BCUT2D eigenvalue weighted by atomic mass is 79.9. The Kier molecular flexibility index (Phi) is 2.41. The molecule has 1 aliphatic heterocycles. The molecule has 2 heterocycles. The Morgan fingerprint density at radius 3 is 3.06 bits per heavy atom. The van der Waals surface area contributed by atoms with Crippen LogP contribution in [0.3, 0.4) is 0 Å². The molecule has 5 nitrogen and oxygen atoms in total. The predicted octanol–water partition coefficient (Wildman–Crippen LogP) is 1.69. The summed E-state index contributed by atoms with van der Waals surface area (Å²) in [6, 6.07) is 5.70. The van der Waals surface area contributed by atoms with Crippen molar-refractivity contribution in [3.8, 4) is 0 Å². The zero-order valence-corrected chi connectivity index (χ0v) is 10.3. The lowest BCUT2D eigenvalue weighted by molar-refractivity contribution is -0.117. The van der Waals surface area contributed by atoms with Crippen LogP contribution in [0.2, 0.25) is 0 Å². The van der Waals surface area contributed by atoms with Gasteiger partial charge in [0.15, 0.2) is 5.58 Å². The fourth-order valence-electron chi connectivity index (χ4n) is 1.88. The predicted molar refractivity (Wildman–Crippen MR) is 64.7 cm³/mol. The molecule has 0 spiro atoms. The average Bonchev–Trinajstić information content (AvgIpc) is 2.80. The summed E-state index contributed by atoms with van der Waals surface area (Å²) >= 11 is 3.34. The number of carbonyl (C=O) groups is 1. The molecule has 6 heteroatoms. The third-order valence-electron chi connectivity index (χ3n) is 2.67. The standard InChI is InChI=1S/C11H9BrN2O3/c12-6-1-2-9-8(3-6)13-11(17-9)14-5-7(15)4-10(14)16/h1-3,7,15H,4-5H2. The second-order valence-electron chi connectivity index (χ2n) is 3.97. The summed E-state index contributed by atoms with van der Waals surface area (Å²) in [6.45, 7) is 0.243. The van der Waals surface area contributed by atoms with E-state index in [1.807, 2.05) is 12.1 Å². The van der Waals surface area contributed by atoms with Crippen LogP contribution >= 0.6 is 15.9 Å². The van der Waals surface area contributed by atoms with Crippen molar-refractivity contribution in [1.29, 1.82) is 0 Å². The molecule has 1 aliphatic rings. The maximum Gasteiger partial charge on any atom is 0.305 e. The van der Waals surface area contributed by atoms with Crippen LogP contribution in [0.15, 0.2) is 27.1 Å². The van der Waals surface area contributed by atoms with Crippen molar-refractivity contribution in [1.82, 2.24) is 4.98 Å². The van der Waals surface area contributed by atoms with Gasteiger partial charge in [-0.05, 0) is 18.2 Å². The first kappa shape index (κ1) is 10.7. The summed E-state index contributed by atoms with van der Waals surface area (Å²) in [5, 5.41) is 9.41. The van der Waals surface area contributed by atoms with Crippen LogP contribution in [0.4, 0.5) is 6.01 Å². The van der Waals surface area contributed by atoms with Crippen molar-refractivity contribution < 1.29 is 14.3 Å². The molecule has 0 bridgehead atoms. The van der Waals surface area contributed by atoms with E-state index in [9.17, 15) is 9.90 Å². The van der Waals surface area contributed by atoms with E-state index in [1.165, 1.54) is 4.90 Å². The zero-order chi connectivity index (χ0) is 12.0. The van der Waals surface area contributed by atoms with Crippen molar-refractivity contribution in [2.45, 2.75) is 12.5 Å². The van der Waals surface area contributed by atoms with Crippen molar-refractivity contribution >= 4 is 39.0 Å². The summed E-state index contributed by atoms with van der Waals surface area (Å²) < 4.78 is 6.39. The van der Waals surface area contributed by atoms with Gasteiger partial charge in [-0.15, -0.1) is 0 Å². The van der Waals surface area contributed by atoms with Crippen LogP contribution in [0.25, 0.3) is 11.1 Å². The monoisotopic (exact) mass is 296 g/mol. The second-order valence-corrected chi connectivity index (χ2v) is 4.89. The van der Waals surface area contributed by atoms with Crippen LogP contribution in [0.5, 0.6) is 0 Å². The van der Waals surface area contributed by atoms with Crippen molar-refractivity contribution in [3.63, 3.8) is 0 Å². The molecule has 1 atom stereocenters. The van der Waals surface area contributed by atoms with E-state index in [0.29, 0.717) is 11.1 Å². The molecule has 1 aromatic carbocycles. The molecule has 1 unspecified atom stereocenters. The molecule has 88 valence electrons. The highest BCUT2D eigenvalue weighted by Crippen LogP contribution is 2.27. The van der Waals surface area contributed by atoms with Gasteiger partial charge in [-0.25, -0.2) is 0 Å². The van der Waals surface area contributed by atoms with Crippen LogP contribution in [0.1, 0.15) is 6.42 Å². The Morgan fingerprint density at radius 2 is 2.35 bits per heavy atom. The molecule has 1 saturated heterocycles. The van der Waals surface area contributed by atoms with Gasteiger partial charge in [-0.3, -0.25) is 9.69 Å². The van der Waals surface area contributed by atoms with Crippen LogP contribution in [0, 0.1) is 0 Å². The lowest BCUT2D eigenvalue weighted by Crippen LogP contribution is -2.25. The van der Waals surface area contributed by atoms with Gasteiger partial charge in [0.25, 0.3) is 0 Å². The van der Waals surface area contributed by atoms with Gasteiger partial charge >= 0.3 is 6.01 Å². The highest BCUT2D eigenvalue weighted by molar-refractivity contribution is 9.10. The third-order valence-corrected chi connectivity index (χ3v) is 3.17. The molecule has 1 fully saturated rings. The molecular weight excluding hydrogens is 288 g/mol. The molecule has 17 heavy (non-hydrogen) atoms. The Morgan fingerprint density at radius 1 is 1.53 bits per heavy atom. The summed E-state index contributed by atoms with van der Waals surface area (Å²) in [7, 11) is 0. The first-order valence-corrected chi connectivity index (χ1v) is 5.97. The number of β-amino-alcohol motifs (C(OH)–C–C–N with tert-alkyl or cyclic N) is 1. The molecule has 1 aromatic heterocycles. The number of carbonyl (C=O) groups excluding carboxylic acids is 1. The van der Waals surface area contributed by atoms with E-state index in [1.54, 1.807) is 6.07 Å². The number of halogens is 1. The van der Waals surface area contributed by atoms with Gasteiger partial charge in [0.2, 0.25) is 5.91 Å². The second kappa shape index (κ2) is 3.82. The minimum Gasteiger partial charge on any atom is -0.423 e. The SMILES string of the molecule is O=C1CC(O)CN1c1nc2cc(Br)ccc2o1. The van der Waals surface area contributed by atoms with E-state index < -0.39 is 6.10 Å². The smallest absolute Gasteiger partial charge is 0.305 e. The first-order chi connectivity index (χ1) is 8.13. The minimum absolute atomic E-state index is 0.127. The van der Waals surface area contributed by atoms with Crippen LogP contribution in [-0.4, -0.2) is 28.6 Å². The lowest BCUT2D eigenvalue weighted by atomic mass is 10.3. The van der Waals surface area contributed by atoms with Crippen LogP contribution < -0.4 is 4.90 Å². The maximum atomic E-state index is 11.6. The molecule has 0 saturated carbocycles. The number of hydrogen-bond donors (Lipinski definition) is 1. The third kappa shape index (κ3) is 1.83. The van der Waals surface area contributed by atoms with Gasteiger partial charge in [0.05, 0.1) is 19.1 Å². The van der Waals surface area contributed by atoms with E-state index in [0.717, 1.165) is 4.47 Å². The number of oxazole rings is 1. The van der Waals surface area contributed by atoms with Gasteiger partial charge < -0.3 is 9.52 Å². The Bertz CT molecular complexity index is 595. The summed E-state index contributed by atoms with van der Waals surface area (Å²) in [5.41, 5.74) is 1.31. The number of fused-ring (bicyclic) bond motifs is 1. The lowest BCUT2D eigenvalue weighted by Gasteiger charge is -2.08. The fraction of sp³-hybridized carbons (Fsp3) is 0.273. The number of benzene rings is 1. The molecule has 2 aromatic rings. The fourth-order valence-corrected chi connectivity index (χ4v) is 2.23. The number of aromatic nitrogens is 1. The van der Waals surface area contributed by atoms with Crippen molar-refractivity contribution in [2.75, 3.05) is 11.4 Å². The zero-order valence-electron chi connectivity index (χ0n) is 8.76. The normalized spacial score (nSPS) is 20.5.